The van der Waals surface area contributed by atoms with Crippen LogP contribution in [0, 0.1) is 0 Å². The highest BCUT2D eigenvalue weighted by molar-refractivity contribution is 6.34. The van der Waals surface area contributed by atoms with Crippen LogP contribution in [0.5, 0.6) is 0 Å². The third-order valence-corrected chi connectivity index (χ3v) is 4.54. The highest BCUT2D eigenvalue weighted by atomic mass is 35.5. The Morgan fingerprint density at radius 2 is 2.00 bits per heavy atom. The maximum atomic E-state index is 12.5. The lowest BCUT2D eigenvalue weighted by molar-refractivity contribution is -0.146. The summed E-state index contributed by atoms with van der Waals surface area (Å²) in [5.41, 5.74) is -1.19. The van der Waals surface area contributed by atoms with Crippen molar-refractivity contribution >= 4 is 35.2 Å². The Labute approximate surface area is 155 Å². The maximum absolute atomic E-state index is 12.5. The van der Waals surface area contributed by atoms with Crippen LogP contribution in [0.15, 0.2) is 18.5 Å². The summed E-state index contributed by atoms with van der Waals surface area (Å²) in [7, 11) is 0. The van der Waals surface area contributed by atoms with Crippen LogP contribution < -0.4 is 10.2 Å². The molecular weight excluding hydrogens is 360 g/mol. The van der Waals surface area contributed by atoms with E-state index in [4.69, 9.17) is 11.6 Å². The second kappa shape index (κ2) is 6.91. The van der Waals surface area contributed by atoms with Crippen molar-refractivity contribution in [1.29, 1.82) is 0 Å². The first-order valence-corrected chi connectivity index (χ1v) is 8.55. The first-order chi connectivity index (χ1) is 12.3. The Bertz CT molecular complexity index is 844. The molecular formula is C16H19ClN6O3. The Kier molecular flexibility index (Phi) is 4.82. The van der Waals surface area contributed by atoms with Gasteiger partial charge < -0.3 is 15.3 Å². The fourth-order valence-corrected chi connectivity index (χ4v) is 2.74. The van der Waals surface area contributed by atoms with E-state index < -0.39 is 17.4 Å². The lowest BCUT2D eigenvalue weighted by Gasteiger charge is -2.19. The van der Waals surface area contributed by atoms with Gasteiger partial charge in [-0.1, -0.05) is 11.6 Å². The minimum Gasteiger partial charge on any atom is -0.479 e. The minimum atomic E-state index is -1.24. The first kappa shape index (κ1) is 18.1. The van der Waals surface area contributed by atoms with Gasteiger partial charge in [0.05, 0.1) is 11.2 Å². The van der Waals surface area contributed by atoms with Crippen molar-refractivity contribution in [2.75, 3.05) is 23.3 Å². The second-order valence-electron chi connectivity index (χ2n) is 6.52. The molecule has 1 amide bonds. The van der Waals surface area contributed by atoms with Crippen LogP contribution in [0.4, 0.5) is 11.8 Å². The number of amides is 1. The van der Waals surface area contributed by atoms with Crippen molar-refractivity contribution < 1.29 is 14.7 Å². The molecule has 0 aliphatic carbocycles. The van der Waals surface area contributed by atoms with E-state index in [1.807, 2.05) is 4.90 Å². The van der Waals surface area contributed by atoms with Crippen LogP contribution in [0.3, 0.4) is 0 Å². The fourth-order valence-electron chi connectivity index (χ4n) is 2.56. The number of rotatable bonds is 5. The van der Waals surface area contributed by atoms with Gasteiger partial charge in [-0.05, 0) is 26.7 Å². The number of nitrogens with zero attached hydrogens (tertiary/aromatic N) is 5. The molecule has 1 aliphatic rings. The molecule has 1 aliphatic heterocycles. The van der Waals surface area contributed by atoms with Gasteiger partial charge in [0.25, 0.3) is 5.91 Å². The summed E-state index contributed by atoms with van der Waals surface area (Å²) >= 11 is 6.08. The van der Waals surface area contributed by atoms with E-state index in [1.165, 1.54) is 37.0 Å². The molecule has 9 nitrogen and oxygen atoms in total. The van der Waals surface area contributed by atoms with Crippen LogP contribution in [0.2, 0.25) is 5.02 Å². The monoisotopic (exact) mass is 378 g/mol. The van der Waals surface area contributed by atoms with Gasteiger partial charge in [0.1, 0.15) is 0 Å². The molecule has 2 aromatic rings. The molecule has 2 aromatic heterocycles. The van der Waals surface area contributed by atoms with Crippen LogP contribution >= 0.6 is 11.6 Å². The Morgan fingerprint density at radius 3 is 2.65 bits per heavy atom. The number of aliphatic carboxylic acids is 1. The standard InChI is InChI=1S/C16H19ClN6O3/c1-16(2,14(25)26)23-8-5-11(21-23)19-13(24)12-10(17)9-18-15(20-12)22-6-3-4-7-22/h5,8-9H,3-4,6-7H2,1-2H3,(H,25,26)(H,19,21,24). The zero-order valence-corrected chi connectivity index (χ0v) is 15.2. The molecule has 10 heteroatoms. The molecule has 0 atom stereocenters. The van der Waals surface area contributed by atoms with Gasteiger partial charge in [0.15, 0.2) is 17.1 Å². The number of hydrogen-bond acceptors (Lipinski definition) is 6. The second-order valence-corrected chi connectivity index (χ2v) is 6.93. The van der Waals surface area contributed by atoms with E-state index in [1.54, 1.807) is 0 Å². The predicted octanol–water partition coefficient (Wildman–Crippen LogP) is 2.00. The summed E-state index contributed by atoms with van der Waals surface area (Å²) in [6.45, 7) is 4.71. The largest absolute Gasteiger partial charge is 0.479 e. The van der Waals surface area contributed by atoms with Crippen LogP contribution in [0.25, 0.3) is 0 Å². The van der Waals surface area contributed by atoms with Gasteiger partial charge in [-0.3, -0.25) is 9.48 Å². The van der Waals surface area contributed by atoms with Gasteiger partial charge in [0.2, 0.25) is 5.95 Å². The molecule has 0 spiro atoms. The smallest absolute Gasteiger partial charge is 0.331 e. The number of carbonyl (C=O) groups is 2. The lowest BCUT2D eigenvalue weighted by Crippen LogP contribution is -2.36. The van der Waals surface area contributed by atoms with E-state index >= 15 is 0 Å². The van der Waals surface area contributed by atoms with E-state index in [0.29, 0.717) is 5.95 Å². The van der Waals surface area contributed by atoms with E-state index in [9.17, 15) is 14.7 Å². The number of anilines is 2. The van der Waals surface area contributed by atoms with Crippen molar-refractivity contribution in [3.8, 4) is 0 Å². The van der Waals surface area contributed by atoms with Gasteiger partial charge in [-0.2, -0.15) is 5.10 Å². The molecule has 0 saturated carbocycles. The van der Waals surface area contributed by atoms with E-state index in [-0.39, 0.29) is 16.5 Å². The number of nitrogens with one attached hydrogen (secondary N) is 1. The fraction of sp³-hybridized carbons (Fsp3) is 0.438. The SMILES string of the molecule is CC(C)(C(=O)O)n1ccc(NC(=O)c2nc(N3CCCC3)ncc2Cl)n1. The highest BCUT2D eigenvalue weighted by Gasteiger charge is 2.30. The van der Waals surface area contributed by atoms with Gasteiger partial charge >= 0.3 is 5.97 Å². The molecule has 1 fully saturated rings. The minimum absolute atomic E-state index is 0.0515. The number of halogens is 1. The third kappa shape index (κ3) is 3.48. The predicted molar refractivity (Wildman–Crippen MR) is 95.6 cm³/mol. The molecule has 26 heavy (non-hydrogen) atoms. The molecule has 0 unspecified atom stereocenters. The van der Waals surface area contributed by atoms with Crippen molar-refractivity contribution in [2.24, 2.45) is 0 Å². The van der Waals surface area contributed by atoms with Crippen LogP contribution in [0.1, 0.15) is 37.2 Å². The first-order valence-electron chi connectivity index (χ1n) is 8.17. The quantitative estimate of drug-likeness (QED) is 0.817. The number of carbonyl (C=O) groups excluding carboxylic acids is 1. The number of aromatic nitrogens is 4. The Hall–Kier alpha value is -2.68. The summed E-state index contributed by atoms with van der Waals surface area (Å²) in [4.78, 5) is 34.3. The average molecular weight is 379 g/mol. The Balaban J connectivity index is 1.79. The summed E-state index contributed by atoms with van der Waals surface area (Å²) in [5.74, 6) is -0.889. The summed E-state index contributed by atoms with van der Waals surface area (Å²) in [5, 5.41) is 16.1. The van der Waals surface area contributed by atoms with Gasteiger partial charge in [0, 0.05) is 25.4 Å². The number of hydrogen-bond donors (Lipinski definition) is 2. The summed E-state index contributed by atoms with van der Waals surface area (Å²) in [6, 6.07) is 1.51. The van der Waals surface area contributed by atoms with Crippen molar-refractivity contribution in [1.82, 2.24) is 19.7 Å². The van der Waals surface area contributed by atoms with E-state index in [0.717, 1.165) is 25.9 Å². The Morgan fingerprint density at radius 1 is 1.31 bits per heavy atom. The van der Waals surface area contributed by atoms with Gasteiger partial charge in [-0.15, -0.1) is 0 Å². The van der Waals surface area contributed by atoms with Crippen molar-refractivity contribution in [3.63, 3.8) is 0 Å². The molecule has 0 radical (unpaired) electrons. The summed E-state index contributed by atoms with van der Waals surface area (Å²) in [6.07, 6.45) is 5.01. The maximum Gasteiger partial charge on any atom is 0.331 e. The number of carboxylic acid groups (broad SMARTS) is 1. The molecule has 0 aromatic carbocycles. The molecule has 1 saturated heterocycles. The zero-order chi connectivity index (χ0) is 18.9. The molecule has 3 heterocycles. The highest BCUT2D eigenvalue weighted by Crippen LogP contribution is 2.21. The normalized spacial score (nSPS) is 14.5. The van der Waals surface area contributed by atoms with E-state index in [2.05, 4.69) is 20.4 Å². The molecule has 0 bridgehead atoms. The van der Waals surface area contributed by atoms with Gasteiger partial charge in [-0.25, -0.2) is 14.8 Å². The molecule has 138 valence electrons. The molecule has 2 N–H and O–H groups in total. The third-order valence-electron chi connectivity index (χ3n) is 4.26. The topological polar surface area (TPSA) is 113 Å². The average Bonchev–Trinajstić information content (AvgIpc) is 3.26. The van der Waals surface area contributed by atoms with Crippen LogP contribution in [-0.4, -0.2) is 49.8 Å². The van der Waals surface area contributed by atoms with Crippen molar-refractivity contribution in [2.45, 2.75) is 32.2 Å². The molecule has 3 rings (SSSR count). The van der Waals surface area contributed by atoms with Crippen LogP contribution in [-0.2, 0) is 10.3 Å². The lowest BCUT2D eigenvalue weighted by atomic mass is 10.1. The van der Waals surface area contributed by atoms with Crippen molar-refractivity contribution in [3.05, 3.63) is 29.2 Å². The number of carboxylic acids is 1. The zero-order valence-electron chi connectivity index (χ0n) is 14.4. The summed E-state index contributed by atoms with van der Waals surface area (Å²) < 4.78 is 1.27.